The molecule has 0 aromatic heterocycles. The molecule has 0 heterocycles. The van der Waals surface area contributed by atoms with Crippen molar-refractivity contribution in [3.8, 4) is 0 Å². The van der Waals surface area contributed by atoms with Crippen LogP contribution >= 0.6 is 0 Å². The van der Waals surface area contributed by atoms with Gasteiger partial charge < -0.3 is 4.74 Å². The van der Waals surface area contributed by atoms with Gasteiger partial charge in [-0.05, 0) is 33.6 Å². The van der Waals surface area contributed by atoms with E-state index in [4.69, 9.17) is 4.74 Å². The number of rotatable bonds is 5. The molecular weight excluding hydrogens is 240 g/mol. The lowest BCUT2D eigenvalue weighted by Crippen LogP contribution is -2.29. The molecule has 17 heavy (non-hydrogen) atoms. The summed E-state index contributed by atoms with van der Waals surface area (Å²) in [6.45, 7) is 10.7. The molecule has 0 amide bonds. The van der Waals surface area contributed by atoms with Crippen molar-refractivity contribution in [1.82, 2.24) is 0 Å². The second-order valence-corrected chi connectivity index (χ2v) is 8.13. The van der Waals surface area contributed by atoms with Crippen LogP contribution in [-0.4, -0.2) is 31.0 Å². The fourth-order valence-electron chi connectivity index (χ4n) is 1.22. The third kappa shape index (κ3) is 6.66. The van der Waals surface area contributed by atoms with Gasteiger partial charge in [0, 0.05) is 0 Å². The Labute approximate surface area is 105 Å². The molecule has 0 rings (SSSR count). The minimum absolute atomic E-state index is 0.0543. The van der Waals surface area contributed by atoms with Crippen LogP contribution < -0.4 is 0 Å². The predicted octanol–water partition coefficient (Wildman–Crippen LogP) is 2.18. The van der Waals surface area contributed by atoms with Gasteiger partial charge in [-0.1, -0.05) is 13.8 Å². The van der Waals surface area contributed by atoms with Crippen LogP contribution in [0.5, 0.6) is 0 Å². The average Bonchev–Trinajstić information content (AvgIpc) is 2.11. The van der Waals surface area contributed by atoms with Crippen molar-refractivity contribution in [2.24, 2.45) is 5.92 Å². The standard InChI is InChI=1S/C12H24O4S/c1-9(2)10(3)17(14,15)8-7-11(13)16-12(4,5)6/h9-10H,7-8H2,1-6H3. The molecular formula is C12H24O4S. The summed E-state index contributed by atoms with van der Waals surface area (Å²) < 4.78 is 28.7. The molecule has 0 aliphatic carbocycles. The summed E-state index contributed by atoms with van der Waals surface area (Å²) in [5, 5.41) is -0.426. The first kappa shape index (κ1) is 16.4. The van der Waals surface area contributed by atoms with Gasteiger partial charge in [0.05, 0.1) is 17.4 Å². The third-order valence-electron chi connectivity index (χ3n) is 2.52. The molecule has 0 aliphatic rings. The molecule has 0 spiro atoms. The van der Waals surface area contributed by atoms with E-state index in [0.717, 1.165) is 0 Å². The molecule has 0 saturated heterocycles. The van der Waals surface area contributed by atoms with Gasteiger partial charge in [-0.2, -0.15) is 0 Å². The largest absolute Gasteiger partial charge is 0.460 e. The van der Waals surface area contributed by atoms with Gasteiger partial charge in [-0.25, -0.2) is 8.42 Å². The Morgan fingerprint density at radius 2 is 1.65 bits per heavy atom. The van der Waals surface area contributed by atoms with Crippen molar-refractivity contribution in [1.29, 1.82) is 0 Å². The van der Waals surface area contributed by atoms with Crippen LogP contribution in [0, 0.1) is 5.92 Å². The summed E-state index contributed by atoms with van der Waals surface area (Å²) >= 11 is 0. The Morgan fingerprint density at radius 3 is 2.00 bits per heavy atom. The SMILES string of the molecule is CC(C)C(C)S(=O)(=O)CCC(=O)OC(C)(C)C. The maximum atomic E-state index is 11.8. The highest BCUT2D eigenvalue weighted by molar-refractivity contribution is 7.92. The summed E-state index contributed by atoms with van der Waals surface area (Å²) in [5.41, 5.74) is -0.565. The van der Waals surface area contributed by atoms with Gasteiger partial charge in [0.15, 0.2) is 9.84 Å². The zero-order chi connectivity index (χ0) is 13.9. The van der Waals surface area contributed by atoms with Crippen molar-refractivity contribution in [2.45, 2.75) is 58.8 Å². The van der Waals surface area contributed by atoms with Gasteiger partial charge in [-0.15, -0.1) is 0 Å². The first-order valence-electron chi connectivity index (χ1n) is 5.89. The molecule has 4 nitrogen and oxygen atoms in total. The molecule has 0 fully saturated rings. The smallest absolute Gasteiger partial charge is 0.307 e. The summed E-state index contributed by atoms with van der Waals surface area (Å²) in [5.74, 6) is -0.544. The van der Waals surface area contributed by atoms with Crippen LogP contribution in [0.4, 0.5) is 0 Å². The molecule has 0 aliphatic heterocycles. The minimum atomic E-state index is -3.21. The number of hydrogen-bond donors (Lipinski definition) is 0. The maximum absolute atomic E-state index is 11.8. The fraction of sp³-hybridized carbons (Fsp3) is 0.917. The van der Waals surface area contributed by atoms with Crippen molar-refractivity contribution in [3.63, 3.8) is 0 Å². The van der Waals surface area contributed by atoms with Gasteiger partial charge in [-0.3, -0.25) is 4.79 Å². The lowest BCUT2D eigenvalue weighted by molar-refractivity contribution is -0.154. The van der Waals surface area contributed by atoms with E-state index in [-0.39, 0.29) is 18.1 Å². The summed E-state index contributed by atoms with van der Waals surface area (Å²) in [7, 11) is -3.21. The average molecular weight is 264 g/mol. The monoisotopic (exact) mass is 264 g/mol. The summed E-state index contributed by atoms with van der Waals surface area (Å²) in [4.78, 5) is 11.4. The molecule has 1 unspecified atom stereocenters. The predicted molar refractivity (Wildman–Crippen MR) is 68.5 cm³/mol. The quantitative estimate of drug-likeness (QED) is 0.714. The van der Waals surface area contributed by atoms with Gasteiger partial charge >= 0.3 is 5.97 Å². The van der Waals surface area contributed by atoms with Crippen LogP contribution in [-0.2, 0) is 19.4 Å². The Balaban J connectivity index is 4.34. The highest BCUT2D eigenvalue weighted by Crippen LogP contribution is 2.14. The van der Waals surface area contributed by atoms with E-state index in [2.05, 4.69) is 0 Å². The zero-order valence-electron chi connectivity index (χ0n) is 11.6. The van der Waals surface area contributed by atoms with E-state index in [9.17, 15) is 13.2 Å². The molecule has 102 valence electrons. The zero-order valence-corrected chi connectivity index (χ0v) is 12.4. The lowest BCUT2D eigenvalue weighted by Gasteiger charge is -2.20. The normalized spacial score (nSPS) is 14.8. The Morgan fingerprint density at radius 1 is 1.18 bits per heavy atom. The van der Waals surface area contributed by atoms with Gasteiger partial charge in [0.25, 0.3) is 0 Å². The Kier molecular flexibility index (Phi) is 5.65. The van der Waals surface area contributed by atoms with Crippen LogP contribution in [0.2, 0.25) is 0 Å². The van der Waals surface area contributed by atoms with Crippen LogP contribution in [0.1, 0.15) is 48.0 Å². The van der Waals surface area contributed by atoms with Crippen molar-refractivity contribution < 1.29 is 17.9 Å². The number of hydrogen-bond acceptors (Lipinski definition) is 4. The first-order chi connectivity index (χ1) is 7.46. The number of carbonyl (C=O) groups excluding carboxylic acids is 1. The van der Waals surface area contributed by atoms with Crippen molar-refractivity contribution in [2.75, 3.05) is 5.75 Å². The van der Waals surface area contributed by atoms with Crippen LogP contribution in [0.25, 0.3) is 0 Å². The highest BCUT2D eigenvalue weighted by Gasteiger charge is 2.25. The molecule has 0 saturated carbocycles. The van der Waals surface area contributed by atoms with Crippen LogP contribution in [0.3, 0.4) is 0 Å². The van der Waals surface area contributed by atoms with E-state index < -0.39 is 26.7 Å². The van der Waals surface area contributed by atoms with Crippen molar-refractivity contribution in [3.05, 3.63) is 0 Å². The van der Waals surface area contributed by atoms with Gasteiger partial charge in [0.2, 0.25) is 0 Å². The minimum Gasteiger partial charge on any atom is -0.460 e. The molecule has 0 N–H and O–H groups in total. The molecule has 5 heteroatoms. The molecule has 0 radical (unpaired) electrons. The fourth-order valence-corrected chi connectivity index (χ4v) is 2.87. The third-order valence-corrected chi connectivity index (χ3v) is 4.97. The van der Waals surface area contributed by atoms with Crippen molar-refractivity contribution >= 4 is 15.8 Å². The second kappa shape index (κ2) is 5.85. The molecule has 0 aromatic carbocycles. The Hall–Kier alpha value is -0.580. The molecule has 0 aromatic rings. The number of esters is 1. The summed E-state index contributed by atoms with van der Waals surface area (Å²) in [6, 6.07) is 0. The molecule has 0 bridgehead atoms. The lowest BCUT2D eigenvalue weighted by atomic mass is 10.2. The van der Waals surface area contributed by atoms with Gasteiger partial charge in [0.1, 0.15) is 5.60 Å². The first-order valence-corrected chi connectivity index (χ1v) is 7.60. The van der Waals surface area contributed by atoms with E-state index >= 15 is 0 Å². The second-order valence-electron chi connectivity index (χ2n) is 5.65. The Bertz CT molecular complexity index is 349. The number of sulfone groups is 1. The number of carbonyl (C=O) groups is 1. The van der Waals surface area contributed by atoms with E-state index in [1.165, 1.54) is 0 Å². The van der Waals surface area contributed by atoms with E-state index in [0.29, 0.717) is 0 Å². The topological polar surface area (TPSA) is 60.4 Å². The molecule has 1 atom stereocenters. The highest BCUT2D eigenvalue weighted by atomic mass is 32.2. The maximum Gasteiger partial charge on any atom is 0.307 e. The van der Waals surface area contributed by atoms with E-state index in [1.54, 1.807) is 27.7 Å². The van der Waals surface area contributed by atoms with E-state index in [1.807, 2.05) is 13.8 Å². The van der Waals surface area contributed by atoms with Crippen LogP contribution in [0.15, 0.2) is 0 Å². The summed E-state index contributed by atoms with van der Waals surface area (Å²) in [6.07, 6.45) is -0.0728. The number of ether oxygens (including phenoxy) is 1.